The van der Waals surface area contributed by atoms with Gasteiger partial charge in [0.05, 0.1) is 19.9 Å². The highest BCUT2D eigenvalue weighted by Crippen LogP contribution is 2.30. The Morgan fingerprint density at radius 2 is 2.17 bits per heavy atom. The molecule has 2 unspecified atom stereocenters. The molecular formula is C17H27ClN2O3. The second kappa shape index (κ2) is 9.63. The lowest BCUT2D eigenvalue weighted by atomic mass is 9.85. The van der Waals surface area contributed by atoms with Crippen molar-refractivity contribution in [3.05, 3.63) is 18.2 Å². The Morgan fingerprint density at radius 1 is 1.39 bits per heavy atom. The normalized spacial score (nSPS) is 18.5. The van der Waals surface area contributed by atoms with Crippen molar-refractivity contribution in [2.45, 2.75) is 26.2 Å². The minimum atomic E-state index is 0. The molecule has 2 N–H and O–H groups in total. The van der Waals surface area contributed by atoms with Crippen LogP contribution in [0, 0.1) is 11.8 Å². The second-order valence-corrected chi connectivity index (χ2v) is 5.90. The minimum Gasteiger partial charge on any atom is -0.497 e. The summed E-state index contributed by atoms with van der Waals surface area (Å²) < 4.78 is 10.5. The number of benzene rings is 1. The number of halogens is 1. The van der Waals surface area contributed by atoms with Gasteiger partial charge in [0, 0.05) is 12.5 Å². The molecule has 5 nitrogen and oxygen atoms in total. The van der Waals surface area contributed by atoms with E-state index in [0.717, 1.165) is 13.1 Å². The number of piperidine rings is 1. The first-order valence-electron chi connectivity index (χ1n) is 7.86. The number of carbonyl (C=O) groups excluding carboxylic acids is 1. The van der Waals surface area contributed by atoms with E-state index in [1.807, 2.05) is 12.1 Å². The van der Waals surface area contributed by atoms with Gasteiger partial charge in [0.15, 0.2) is 0 Å². The van der Waals surface area contributed by atoms with E-state index < -0.39 is 0 Å². The SMILES string of the molecule is COc1ccc(NC(=O)CC(C)C2CCCNC2)c(OC)c1.Cl. The maximum atomic E-state index is 12.3. The van der Waals surface area contributed by atoms with E-state index in [-0.39, 0.29) is 18.3 Å². The highest BCUT2D eigenvalue weighted by molar-refractivity contribution is 5.92. The molecule has 1 heterocycles. The van der Waals surface area contributed by atoms with E-state index in [1.54, 1.807) is 20.3 Å². The zero-order valence-electron chi connectivity index (χ0n) is 14.1. The molecule has 0 aromatic heterocycles. The summed E-state index contributed by atoms with van der Waals surface area (Å²) in [6, 6.07) is 5.39. The quantitative estimate of drug-likeness (QED) is 0.834. The van der Waals surface area contributed by atoms with Gasteiger partial charge in [-0.15, -0.1) is 12.4 Å². The molecule has 23 heavy (non-hydrogen) atoms. The van der Waals surface area contributed by atoms with Crippen LogP contribution in [-0.4, -0.2) is 33.2 Å². The van der Waals surface area contributed by atoms with Gasteiger partial charge in [-0.05, 0) is 49.9 Å². The predicted octanol–water partition coefficient (Wildman–Crippen LogP) is 3.09. The smallest absolute Gasteiger partial charge is 0.224 e. The van der Waals surface area contributed by atoms with Gasteiger partial charge < -0.3 is 20.1 Å². The topological polar surface area (TPSA) is 59.6 Å². The highest BCUT2D eigenvalue weighted by Gasteiger charge is 2.22. The molecule has 2 rings (SSSR count). The van der Waals surface area contributed by atoms with Crippen LogP contribution in [0.15, 0.2) is 18.2 Å². The molecule has 1 aliphatic rings. The molecule has 1 fully saturated rings. The number of anilines is 1. The molecule has 1 aromatic carbocycles. The number of hydrogen-bond donors (Lipinski definition) is 2. The van der Waals surface area contributed by atoms with E-state index in [2.05, 4.69) is 17.6 Å². The molecule has 2 atom stereocenters. The number of hydrogen-bond acceptors (Lipinski definition) is 4. The van der Waals surface area contributed by atoms with Gasteiger partial charge >= 0.3 is 0 Å². The fourth-order valence-electron chi connectivity index (χ4n) is 2.93. The maximum absolute atomic E-state index is 12.3. The summed E-state index contributed by atoms with van der Waals surface area (Å²) in [7, 11) is 3.19. The zero-order chi connectivity index (χ0) is 15.9. The molecular weight excluding hydrogens is 316 g/mol. The third-order valence-electron chi connectivity index (χ3n) is 4.33. The Bertz CT molecular complexity index is 505. The first-order valence-corrected chi connectivity index (χ1v) is 7.86. The van der Waals surface area contributed by atoms with Gasteiger partial charge in [-0.2, -0.15) is 0 Å². The molecule has 6 heteroatoms. The molecule has 1 aliphatic heterocycles. The van der Waals surface area contributed by atoms with Crippen LogP contribution < -0.4 is 20.1 Å². The van der Waals surface area contributed by atoms with Gasteiger partial charge in [-0.25, -0.2) is 0 Å². The van der Waals surface area contributed by atoms with Gasteiger partial charge in [-0.1, -0.05) is 6.92 Å². The number of amides is 1. The van der Waals surface area contributed by atoms with Crippen molar-refractivity contribution in [2.75, 3.05) is 32.6 Å². The van der Waals surface area contributed by atoms with Crippen LogP contribution in [0.1, 0.15) is 26.2 Å². The highest BCUT2D eigenvalue weighted by atomic mass is 35.5. The van der Waals surface area contributed by atoms with Crippen LogP contribution in [0.5, 0.6) is 11.5 Å². The maximum Gasteiger partial charge on any atom is 0.224 e. The fraction of sp³-hybridized carbons (Fsp3) is 0.588. The average Bonchev–Trinajstić information content (AvgIpc) is 2.55. The molecule has 1 aromatic rings. The molecule has 0 aliphatic carbocycles. The Kier molecular flexibility index (Phi) is 8.20. The molecule has 1 amide bonds. The van der Waals surface area contributed by atoms with Crippen LogP contribution in [0.2, 0.25) is 0 Å². The van der Waals surface area contributed by atoms with E-state index in [1.165, 1.54) is 12.8 Å². The number of rotatable bonds is 6. The van der Waals surface area contributed by atoms with Crippen molar-refractivity contribution in [1.82, 2.24) is 5.32 Å². The Morgan fingerprint density at radius 3 is 2.78 bits per heavy atom. The van der Waals surface area contributed by atoms with Gasteiger partial charge in [0.1, 0.15) is 11.5 Å². The monoisotopic (exact) mass is 342 g/mol. The van der Waals surface area contributed by atoms with Gasteiger partial charge in [-0.3, -0.25) is 4.79 Å². The molecule has 0 bridgehead atoms. The van der Waals surface area contributed by atoms with Crippen LogP contribution >= 0.6 is 12.4 Å². The van der Waals surface area contributed by atoms with Crippen LogP contribution in [-0.2, 0) is 4.79 Å². The van der Waals surface area contributed by atoms with Crippen molar-refractivity contribution in [3.8, 4) is 11.5 Å². The Hall–Kier alpha value is -1.46. The summed E-state index contributed by atoms with van der Waals surface area (Å²) in [6.07, 6.45) is 2.93. The number of ether oxygens (including phenoxy) is 2. The molecule has 0 spiro atoms. The van der Waals surface area contributed by atoms with E-state index >= 15 is 0 Å². The Labute approximate surface area is 144 Å². The number of nitrogens with one attached hydrogen (secondary N) is 2. The van der Waals surface area contributed by atoms with Crippen LogP contribution in [0.3, 0.4) is 0 Å². The van der Waals surface area contributed by atoms with Gasteiger partial charge in [0.25, 0.3) is 0 Å². The largest absolute Gasteiger partial charge is 0.497 e. The summed E-state index contributed by atoms with van der Waals surface area (Å²) in [5.41, 5.74) is 0.683. The Balaban J connectivity index is 0.00000264. The predicted molar refractivity (Wildman–Crippen MR) is 94.8 cm³/mol. The second-order valence-electron chi connectivity index (χ2n) is 5.90. The summed E-state index contributed by atoms with van der Waals surface area (Å²) in [5.74, 6) is 2.30. The van der Waals surface area contributed by atoms with Crippen molar-refractivity contribution >= 4 is 24.0 Å². The minimum absolute atomic E-state index is 0. The van der Waals surface area contributed by atoms with Gasteiger partial charge in [0.2, 0.25) is 5.91 Å². The van der Waals surface area contributed by atoms with E-state index in [0.29, 0.717) is 35.4 Å². The molecule has 1 saturated heterocycles. The number of methoxy groups -OCH3 is 2. The average molecular weight is 343 g/mol. The third-order valence-corrected chi connectivity index (χ3v) is 4.33. The van der Waals surface area contributed by atoms with Crippen molar-refractivity contribution < 1.29 is 14.3 Å². The third kappa shape index (κ3) is 5.59. The van der Waals surface area contributed by atoms with Crippen molar-refractivity contribution in [1.29, 1.82) is 0 Å². The molecule has 130 valence electrons. The van der Waals surface area contributed by atoms with Crippen LogP contribution in [0.4, 0.5) is 5.69 Å². The van der Waals surface area contributed by atoms with E-state index in [9.17, 15) is 4.79 Å². The van der Waals surface area contributed by atoms with Crippen molar-refractivity contribution in [2.24, 2.45) is 11.8 Å². The standard InChI is InChI=1S/C17H26N2O3.ClH/c1-12(13-5-4-8-18-11-13)9-17(20)19-15-7-6-14(21-2)10-16(15)22-3;/h6-7,10,12-13,18H,4-5,8-9,11H2,1-3H3,(H,19,20);1H. The van der Waals surface area contributed by atoms with E-state index in [4.69, 9.17) is 9.47 Å². The number of carbonyl (C=O) groups is 1. The lowest BCUT2D eigenvalue weighted by molar-refractivity contribution is -0.117. The molecule has 0 saturated carbocycles. The zero-order valence-corrected chi connectivity index (χ0v) is 14.9. The molecule has 0 radical (unpaired) electrons. The first-order chi connectivity index (χ1) is 10.6. The first kappa shape index (κ1) is 19.6. The lowest BCUT2D eigenvalue weighted by Gasteiger charge is -2.28. The summed E-state index contributed by atoms with van der Waals surface area (Å²) in [5, 5.41) is 6.35. The fourth-order valence-corrected chi connectivity index (χ4v) is 2.93. The lowest BCUT2D eigenvalue weighted by Crippen LogP contribution is -2.34. The van der Waals surface area contributed by atoms with Crippen molar-refractivity contribution in [3.63, 3.8) is 0 Å². The van der Waals surface area contributed by atoms with Crippen LogP contribution in [0.25, 0.3) is 0 Å². The summed E-state index contributed by atoms with van der Waals surface area (Å²) in [6.45, 7) is 4.27. The summed E-state index contributed by atoms with van der Waals surface area (Å²) >= 11 is 0. The summed E-state index contributed by atoms with van der Waals surface area (Å²) in [4.78, 5) is 12.3.